The first-order valence-electron chi connectivity index (χ1n) is 12.0. The molecule has 0 spiro atoms. The number of likely N-dealkylation sites (tertiary alicyclic amines) is 1. The van der Waals surface area contributed by atoms with Crippen LogP contribution in [0.25, 0.3) is 5.70 Å². The quantitative estimate of drug-likeness (QED) is 0.484. The molecule has 2 heterocycles. The molecule has 3 aromatic rings. The molecule has 0 atom stereocenters. The fourth-order valence-corrected chi connectivity index (χ4v) is 4.46. The third-order valence-corrected chi connectivity index (χ3v) is 6.63. The molecule has 4 rings (SSSR count). The summed E-state index contributed by atoms with van der Waals surface area (Å²) in [6.45, 7) is 8.73. The fraction of sp³-hybridized carbons (Fsp3) is 0.276. The standard InChI is InChI=1S/C29H31N5O/c1-21-5-8-27(18-28(21)33-29(35)32-15-11-24-4-3-14-31-20-24)22(2)34-16-12-26(13-17-34)25-9-6-23(19-30)7-10-25/h3-10,14,18,20,26H,2,11-13,15-17H2,1H3,(H2,32,33,35). The number of urea groups is 1. The van der Waals surface area contributed by atoms with E-state index in [9.17, 15) is 4.79 Å². The van der Waals surface area contributed by atoms with E-state index in [0.717, 1.165) is 60.4 Å². The molecular weight excluding hydrogens is 434 g/mol. The van der Waals surface area contributed by atoms with Gasteiger partial charge in [0.25, 0.3) is 0 Å². The molecule has 0 aliphatic carbocycles. The van der Waals surface area contributed by atoms with Gasteiger partial charge in [0.2, 0.25) is 0 Å². The number of carbonyl (C=O) groups is 1. The van der Waals surface area contributed by atoms with Crippen molar-refractivity contribution in [3.05, 3.63) is 101 Å². The lowest BCUT2D eigenvalue weighted by Crippen LogP contribution is -2.32. The molecule has 1 aliphatic heterocycles. The maximum absolute atomic E-state index is 12.5. The van der Waals surface area contributed by atoms with Crippen LogP contribution in [0.5, 0.6) is 0 Å². The first-order valence-corrected chi connectivity index (χ1v) is 12.0. The number of anilines is 1. The highest BCUT2D eigenvalue weighted by Crippen LogP contribution is 2.32. The van der Waals surface area contributed by atoms with Crippen LogP contribution in [0.2, 0.25) is 0 Å². The van der Waals surface area contributed by atoms with Crippen molar-refractivity contribution in [3.63, 3.8) is 0 Å². The molecule has 35 heavy (non-hydrogen) atoms. The van der Waals surface area contributed by atoms with Gasteiger partial charge in [-0.1, -0.05) is 36.9 Å². The second kappa shape index (κ2) is 11.3. The van der Waals surface area contributed by atoms with Crippen LogP contribution in [0.4, 0.5) is 10.5 Å². The third kappa shape index (κ3) is 6.27. The SMILES string of the molecule is C=C(c1ccc(C)c(NC(=O)NCCc2cccnc2)c1)N1CCC(c2ccc(C#N)cc2)CC1. The number of nitriles is 1. The number of hydrogen-bond donors (Lipinski definition) is 2. The number of rotatable bonds is 7. The zero-order chi connectivity index (χ0) is 24.6. The van der Waals surface area contributed by atoms with Crippen LogP contribution in [0.15, 0.2) is 73.6 Å². The molecule has 6 heteroatoms. The lowest BCUT2D eigenvalue weighted by Gasteiger charge is -2.35. The maximum atomic E-state index is 12.5. The molecule has 0 unspecified atom stereocenters. The largest absolute Gasteiger partial charge is 0.371 e. The first-order chi connectivity index (χ1) is 17.0. The number of hydrogen-bond acceptors (Lipinski definition) is 4. The summed E-state index contributed by atoms with van der Waals surface area (Å²) in [5.74, 6) is 0.498. The van der Waals surface area contributed by atoms with E-state index in [2.05, 4.69) is 51.4 Å². The van der Waals surface area contributed by atoms with E-state index < -0.39 is 0 Å². The summed E-state index contributed by atoms with van der Waals surface area (Å²) < 4.78 is 0. The van der Waals surface area contributed by atoms with Crippen LogP contribution >= 0.6 is 0 Å². The van der Waals surface area contributed by atoms with Crippen molar-refractivity contribution in [3.8, 4) is 6.07 Å². The summed E-state index contributed by atoms with van der Waals surface area (Å²) in [6, 6.07) is 19.9. The number of piperidine rings is 1. The minimum Gasteiger partial charge on any atom is -0.371 e. The van der Waals surface area contributed by atoms with Crippen LogP contribution in [0.1, 0.15) is 46.6 Å². The Morgan fingerprint density at radius 3 is 2.63 bits per heavy atom. The normalized spacial score (nSPS) is 13.7. The highest BCUT2D eigenvalue weighted by Gasteiger charge is 2.22. The molecule has 1 saturated heterocycles. The van der Waals surface area contributed by atoms with Crippen LogP contribution < -0.4 is 10.6 Å². The van der Waals surface area contributed by atoms with Crippen molar-refractivity contribution < 1.29 is 4.79 Å². The second-order valence-corrected chi connectivity index (χ2v) is 8.96. The summed E-state index contributed by atoms with van der Waals surface area (Å²) in [4.78, 5) is 18.9. The van der Waals surface area contributed by atoms with E-state index in [-0.39, 0.29) is 6.03 Å². The van der Waals surface area contributed by atoms with Crippen molar-refractivity contribution in [2.24, 2.45) is 0 Å². The Hall–Kier alpha value is -4.11. The van der Waals surface area contributed by atoms with Crippen LogP contribution in [-0.4, -0.2) is 35.5 Å². The molecule has 2 amide bonds. The molecule has 2 N–H and O–H groups in total. The average molecular weight is 466 g/mol. The van der Waals surface area contributed by atoms with E-state index in [0.29, 0.717) is 18.0 Å². The number of aromatic nitrogens is 1. The first kappa shape index (κ1) is 24.0. The van der Waals surface area contributed by atoms with Crippen LogP contribution in [0, 0.1) is 18.3 Å². The van der Waals surface area contributed by atoms with Crippen molar-refractivity contribution in [2.45, 2.75) is 32.1 Å². The molecular formula is C29H31N5O. The van der Waals surface area contributed by atoms with E-state index in [1.165, 1.54) is 5.56 Å². The van der Waals surface area contributed by atoms with Gasteiger partial charge in [-0.25, -0.2) is 4.79 Å². The van der Waals surface area contributed by atoms with E-state index >= 15 is 0 Å². The number of carbonyl (C=O) groups excluding carboxylic acids is 1. The van der Waals surface area contributed by atoms with Gasteiger partial charge in [-0.2, -0.15) is 5.26 Å². The van der Waals surface area contributed by atoms with E-state index in [4.69, 9.17) is 5.26 Å². The van der Waals surface area contributed by atoms with Crippen LogP contribution in [-0.2, 0) is 6.42 Å². The Bertz CT molecular complexity index is 1210. The van der Waals surface area contributed by atoms with Gasteiger partial charge in [-0.05, 0) is 78.6 Å². The zero-order valence-corrected chi connectivity index (χ0v) is 20.1. The van der Waals surface area contributed by atoms with Gasteiger partial charge in [0, 0.05) is 43.4 Å². The summed E-state index contributed by atoms with van der Waals surface area (Å²) in [6.07, 6.45) is 6.37. The van der Waals surface area contributed by atoms with Crippen molar-refractivity contribution in [1.29, 1.82) is 5.26 Å². The number of pyridine rings is 1. The van der Waals surface area contributed by atoms with Gasteiger partial charge in [0.1, 0.15) is 0 Å². The predicted molar refractivity (Wildman–Crippen MR) is 140 cm³/mol. The number of nitrogens with one attached hydrogen (secondary N) is 2. The molecule has 6 nitrogen and oxygen atoms in total. The Balaban J connectivity index is 1.31. The Morgan fingerprint density at radius 2 is 1.94 bits per heavy atom. The number of nitrogens with zero attached hydrogens (tertiary/aromatic N) is 3. The van der Waals surface area contributed by atoms with E-state index in [1.54, 1.807) is 6.20 Å². The van der Waals surface area contributed by atoms with Gasteiger partial charge in [0.05, 0.1) is 11.6 Å². The fourth-order valence-electron chi connectivity index (χ4n) is 4.46. The van der Waals surface area contributed by atoms with Gasteiger partial charge in [-0.15, -0.1) is 0 Å². The minimum atomic E-state index is -0.219. The lowest BCUT2D eigenvalue weighted by molar-refractivity contribution is 0.252. The van der Waals surface area contributed by atoms with Crippen molar-refractivity contribution in [1.82, 2.24) is 15.2 Å². The Morgan fingerprint density at radius 1 is 1.17 bits per heavy atom. The van der Waals surface area contributed by atoms with Gasteiger partial charge in [0.15, 0.2) is 0 Å². The average Bonchev–Trinajstić information content (AvgIpc) is 2.90. The topological polar surface area (TPSA) is 81.1 Å². The zero-order valence-electron chi connectivity index (χ0n) is 20.1. The highest BCUT2D eigenvalue weighted by atomic mass is 16.2. The number of benzene rings is 2. The van der Waals surface area contributed by atoms with E-state index in [1.807, 2.05) is 49.5 Å². The molecule has 1 aromatic heterocycles. The summed E-state index contributed by atoms with van der Waals surface area (Å²) in [5.41, 5.74) is 6.86. The monoisotopic (exact) mass is 465 g/mol. The molecule has 2 aromatic carbocycles. The summed E-state index contributed by atoms with van der Waals surface area (Å²) in [5, 5.41) is 14.9. The third-order valence-electron chi connectivity index (χ3n) is 6.63. The van der Waals surface area contributed by atoms with Gasteiger partial charge in [-0.3, -0.25) is 4.98 Å². The molecule has 0 bridgehead atoms. The lowest BCUT2D eigenvalue weighted by atomic mass is 9.88. The Kier molecular flexibility index (Phi) is 7.79. The molecule has 0 saturated carbocycles. The van der Waals surface area contributed by atoms with Crippen molar-refractivity contribution >= 4 is 17.4 Å². The van der Waals surface area contributed by atoms with Crippen molar-refractivity contribution in [2.75, 3.05) is 25.0 Å². The van der Waals surface area contributed by atoms with Gasteiger partial charge >= 0.3 is 6.03 Å². The highest BCUT2D eigenvalue weighted by molar-refractivity contribution is 5.90. The minimum absolute atomic E-state index is 0.219. The Labute approximate surface area is 207 Å². The molecule has 178 valence electrons. The number of amides is 2. The molecule has 1 aliphatic rings. The van der Waals surface area contributed by atoms with Crippen LogP contribution in [0.3, 0.4) is 0 Å². The predicted octanol–water partition coefficient (Wildman–Crippen LogP) is 5.48. The molecule has 1 fully saturated rings. The van der Waals surface area contributed by atoms with Gasteiger partial charge < -0.3 is 15.5 Å². The maximum Gasteiger partial charge on any atom is 0.319 e. The molecule has 0 radical (unpaired) electrons. The second-order valence-electron chi connectivity index (χ2n) is 8.96. The smallest absolute Gasteiger partial charge is 0.319 e. The summed E-state index contributed by atoms with van der Waals surface area (Å²) >= 11 is 0. The summed E-state index contributed by atoms with van der Waals surface area (Å²) in [7, 11) is 0. The number of aryl methyl sites for hydroxylation is 1.